The molecule has 2 nitrogen and oxygen atoms in total. The van der Waals surface area contributed by atoms with E-state index in [1.807, 2.05) is 0 Å². The van der Waals surface area contributed by atoms with E-state index in [2.05, 4.69) is 15.9 Å². The van der Waals surface area contributed by atoms with Crippen molar-refractivity contribution in [1.29, 1.82) is 0 Å². The second-order valence-corrected chi connectivity index (χ2v) is 4.11. The summed E-state index contributed by atoms with van der Waals surface area (Å²) >= 11 is 3.58. The lowest BCUT2D eigenvalue weighted by Crippen LogP contribution is -2.07. The molecule has 4 N–H and O–H groups in total. The Balaban J connectivity index is 2.97. The van der Waals surface area contributed by atoms with Crippen LogP contribution in [0.1, 0.15) is 32.1 Å². The normalized spacial score (nSPS) is 13.4. The third-order valence-corrected chi connectivity index (χ3v) is 2.62. The van der Waals surface area contributed by atoms with Crippen LogP contribution in [0.3, 0.4) is 0 Å². The topological polar surface area (TPSA) is 52.0 Å². The van der Waals surface area contributed by atoms with E-state index in [4.69, 9.17) is 11.5 Å². The number of halogens is 1. The minimum absolute atomic E-state index is 0.616. The van der Waals surface area contributed by atoms with Gasteiger partial charge in [-0.05, 0) is 32.4 Å². The Morgan fingerprint density at radius 2 is 1.64 bits per heavy atom. The molecule has 0 aliphatic rings. The Morgan fingerprint density at radius 3 is 2.18 bits per heavy atom. The van der Waals surface area contributed by atoms with Crippen molar-refractivity contribution >= 4 is 15.9 Å². The molecule has 0 amide bonds. The van der Waals surface area contributed by atoms with Crippen molar-refractivity contribution in [2.75, 3.05) is 13.1 Å². The molecule has 0 rings (SSSR count). The molecule has 11 heavy (non-hydrogen) atoms. The van der Waals surface area contributed by atoms with Crippen molar-refractivity contribution in [3.8, 4) is 0 Å². The zero-order chi connectivity index (χ0) is 8.53. The molecule has 0 fully saturated rings. The summed E-state index contributed by atoms with van der Waals surface area (Å²) in [7, 11) is 0. The highest BCUT2D eigenvalue weighted by Crippen LogP contribution is 2.13. The number of unbranched alkanes of at least 4 members (excludes halogenated alkanes) is 2. The molecule has 0 aliphatic carbocycles. The molecule has 3 heteroatoms. The molecular weight excluding hydrogens is 204 g/mol. The fraction of sp³-hybridized carbons (Fsp3) is 1.00. The maximum Gasteiger partial charge on any atom is 0.0157 e. The van der Waals surface area contributed by atoms with Gasteiger partial charge in [0.2, 0.25) is 0 Å². The van der Waals surface area contributed by atoms with Crippen molar-refractivity contribution in [1.82, 2.24) is 0 Å². The first-order chi connectivity index (χ1) is 5.31. The predicted molar refractivity (Wildman–Crippen MR) is 53.9 cm³/mol. The lowest BCUT2D eigenvalue weighted by Gasteiger charge is -2.06. The predicted octanol–water partition coefficient (Wildman–Crippen LogP) is 1.62. The van der Waals surface area contributed by atoms with Crippen LogP contribution in [0.4, 0.5) is 0 Å². The monoisotopic (exact) mass is 222 g/mol. The molecule has 0 aromatic carbocycles. The average molecular weight is 223 g/mol. The summed E-state index contributed by atoms with van der Waals surface area (Å²) in [6.07, 6.45) is 6.00. The van der Waals surface area contributed by atoms with Gasteiger partial charge in [0.15, 0.2) is 0 Å². The second-order valence-electron chi connectivity index (χ2n) is 2.81. The van der Waals surface area contributed by atoms with Gasteiger partial charge in [0.1, 0.15) is 0 Å². The molecule has 0 spiro atoms. The van der Waals surface area contributed by atoms with Crippen molar-refractivity contribution in [3.63, 3.8) is 0 Å². The van der Waals surface area contributed by atoms with Gasteiger partial charge >= 0.3 is 0 Å². The maximum absolute atomic E-state index is 5.41. The van der Waals surface area contributed by atoms with E-state index in [9.17, 15) is 0 Å². The quantitative estimate of drug-likeness (QED) is 0.509. The van der Waals surface area contributed by atoms with Crippen molar-refractivity contribution < 1.29 is 0 Å². The van der Waals surface area contributed by atoms with Crippen LogP contribution in [-0.4, -0.2) is 17.9 Å². The van der Waals surface area contributed by atoms with Crippen molar-refractivity contribution in [3.05, 3.63) is 0 Å². The van der Waals surface area contributed by atoms with E-state index in [1.54, 1.807) is 0 Å². The first-order valence-corrected chi connectivity index (χ1v) is 5.27. The van der Waals surface area contributed by atoms with E-state index in [1.165, 1.54) is 19.3 Å². The summed E-state index contributed by atoms with van der Waals surface area (Å²) in [5.74, 6) is 0. The fourth-order valence-corrected chi connectivity index (χ4v) is 1.60. The zero-order valence-corrected chi connectivity index (χ0v) is 8.65. The van der Waals surface area contributed by atoms with Crippen LogP contribution in [-0.2, 0) is 0 Å². The molecule has 0 radical (unpaired) electrons. The Hall–Kier alpha value is 0.400. The summed E-state index contributed by atoms with van der Waals surface area (Å²) in [6.45, 7) is 1.61. The Labute approximate surface area is 77.8 Å². The standard InChI is InChI=1S/C8H19BrN2/c9-8(5-7-11)4-2-1-3-6-10/h8H,1-7,10-11H2. The second kappa shape index (κ2) is 8.50. The summed E-state index contributed by atoms with van der Waals surface area (Å²) in [5, 5.41) is 0. The van der Waals surface area contributed by atoms with Gasteiger partial charge in [0, 0.05) is 4.83 Å². The number of hydrogen-bond acceptors (Lipinski definition) is 2. The third kappa shape index (κ3) is 8.30. The van der Waals surface area contributed by atoms with Gasteiger partial charge in [0.05, 0.1) is 0 Å². The minimum Gasteiger partial charge on any atom is -0.330 e. The van der Waals surface area contributed by atoms with Crippen molar-refractivity contribution in [2.24, 2.45) is 11.5 Å². The van der Waals surface area contributed by atoms with Gasteiger partial charge in [-0.2, -0.15) is 0 Å². The molecule has 0 aliphatic heterocycles. The summed E-state index contributed by atoms with van der Waals surface area (Å²) < 4.78 is 0. The average Bonchev–Trinajstić information content (AvgIpc) is 1.99. The van der Waals surface area contributed by atoms with E-state index >= 15 is 0 Å². The highest BCUT2D eigenvalue weighted by atomic mass is 79.9. The van der Waals surface area contributed by atoms with Gasteiger partial charge in [0.25, 0.3) is 0 Å². The summed E-state index contributed by atoms with van der Waals surface area (Å²) in [4.78, 5) is 0.616. The number of rotatable bonds is 7. The van der Waals surface area contributed by atoms with Crippen LogP contribution in [0, 0.1) is 0 Å². The van der Waals surface area contributed by atoms with Crippen LogP contribution >= 0.6 is 15.9 Å². The molecule has 1 unspecified atom stereocenters. The molecule has 68 valence electrons. The molecule has 1 atom stereocenters. The molecular formula is C8H19BrN2. The highest BCUT2D eigenvalue weighted by Gasteiger charge is 2.00. The van der Waals surface area contributed by atoms with Crippen LogP contribution in [0.25, 0.3) is 0 Å². The van der Waals surface area contributed by atoms with Crippen LogP contribution < -0.4 is 11.5 Å². The first kappa shape index (κ1) is 11.4. The van der Waals surface area contributed by atoms with E-state index < -0.39 is 0 Å². The molecule has 0 bridgehead atoms. The van der Waals surface area contributed by atoms with Crippen LogP contribution in [0.15, 0.2) is 0 Å². The maximum atomic E-state index is 5.41. The number of alkyl halides is 1. The summed E-state index contributed by atoms with van der Waals surface area (Å²) in [6, 6.07) is 0. The van der Waals surface area contributed by atoms with Gasteiger partial charge in [-0.25, -0.2) is 0 Å². The zero-order valence-electron chi connectivity index (χ0n) is 7.06. The largest absolute Gasteiger partial charge is 0.330 e. The van der Waals surface area contributed by atoms with E-state index in [0.717, 1.165) is 25.9 Å². The minimum atomic E-state index is 0.616. The fourth-order valence-electron chi connectivity index (χ4n) is 1.01. The molecule has 0 saturated carbocycles. The van der Waals surface area contributed by atoms with Gasteiger partial charge in [-0.15, -0.1) is 0 Å². The molecule has 0 aromatic heterocycles. The lowest BCUT2D eigenvalue weighted by atomic mass is 10.1. The lowest BCUT2D eigenvalue weighted by molar-refractivity contribution is 0.617. The smallest absolute Gasteiger partial charge is 0.0157 e. The first-order valence-electron chi connectivity index (χ1n) is 4.35. The SMILES string of the molecule is NCCCCCC(Br)CCN. The summed E-state index contributed by atoms with van der Waals surface area (Å²) in [5.41, 5.74) is 10.8. The molecule has 0 heterocycles. The third-order valence-electron chi connectivity index (χ3n) is 1.70. The van der Waals surface area contributed by atoms with Crippen LogP contribution in [0.2, 0.25) is 0 Å². The van der Waals surface area contributed by atoms with Crippen LogP contribution in [0.5, 0.6) is 0 Å². The Morgan fingerprint density at radius 1 is 0.909 bits per heavy atom. The van der Waals surface area contributed by atoms with E-state index in [0.29, 0.717) is 4.83 Å². The number of hydrogen-bond donors (Lipinski definition) is 2. The Kier molecular flexibility index (Phi) is 8.81. The number of nitrogens with two attached hydrogens (primary N) is 2. The van der Waals surface area contributed by atoms with Gasteiger partial charge in [-0.3, -0.25) is 0 Å². The van der Waals surface area contributed by atoms with Gasteiger partial charge < -0.3 is 11.5 Å². The van der Waals surface area contributed by atoms with E-state index in [-0.39, 0.29) is 0 Å². The Bertz CT molecular complexity index is 78.5. The van der Waals surface area contributed by atoms with Crippen molar-refractivity contribution in [2.45, 2.75) is 36.9 Å². The van der Waals surface area contributed by atoms with Gasteiger partial charge in [-0.1, -0.05) is 28.8 Å². The molecule has 0 aromatic rings. The molecule has 0 saturated heterocycles. The highest BCUT2D eigenvalue weighted by molar-refractivity contribution is 9.09.